The molecule has 2 amide bonds. The minimum Gasteiger partial charge on any atom is -0.409 e. The Morgan fingerprint density at radius 2 is 2.03 bits per heavy atom. The van der Waals surface area contributed by atoms with E-state index in [-0.39, 0.29) is 17.9 Å². The predicted molar refractivity (Wildman–Crippen MR) is 122 cm³/mol. The number of nitrogens with one attached hydrogen (secondary N) is 2. The van der Waals surface area contributed by atoms with Crippen molar-refractivity contribution in [2.24, 2.45) is 5.92 Å². The van der Waals surface area contributed by atoms with Crippen LogP contribution in [-0.4, -0.2) is 80.6 Å². The van der Waals surface area contributed by atoms with Crippen molar-refractivity contribution in [1.82, 2.24) is 30.1 Å². The molecule has 0 aliphatic carbocycles. The molecule has 2 aromatic heterocycles. The molecule has 2 aliphatic heterocycles. The molecule has 2 saturated heterocycles. The third kappa shape index (κ3) is 4.89. The van der Waals surface area contributed by atoms with Gasteiger partial charge in [0, 0.05) is 51.0 Å². The molecular formula is C21H27N7O3S. The van der Waals surface area contributed by atoms with Crippen molar-refractivity contribution in [3.63, 3.8) is 0 Å². The Labute approximate surface area is 191 Å². The molecule has 2 aromatic rings. The Hall–Kier alpha value is -3.05. The minimum absolute atomic E-state index is 0.108. The molecule has 10 nitrogen and oxygen atoms in total. The summed E-state index contributed by atoms with van der Waals surface area (Å²) in [4.78, 5) is 41.9. The lowest BCUT2D eigenvalue weighted by molar-refractivity contribution is -0.119. The summed E-state index contributed by atoms with van der Waals surface area (Å²) in [6, 6.07) is 2.89. The van der Waals surface area contributed by atoms with E-state index in [1.807, 2.05) is 20.0 Å². The average molecular weight is 458 g/mol. The number of hydrogen-bond acceptors (Lipinski definition) is 7. The van der Waals surface area contributed by atoms with Crippen LogP contribution in [0.4, 0.5) is 10.6 Å². The number of thiocarbonyl (C=S) groups is 1. The molecule has 170 valence electrons. The van der Waals surface area contributed by atoms with E-state index in [0.29, 0.717) is 29.8 Å². The van der Waals surface area contributed by atoms with Gasteiger partial charge in [-0.25, -0.2) is 19.7 Å². The van der Waals surface area contributed by atoms with Crippen molar-refractivity contribution < 1.29 is 14.3 Å². The average Bonchev–Trinajstić information content (AvgIpc) is 3.41. The molecule has 2 N–H and O–H groups in total. The molecule has 0 radical (unpaired) electrons. The van der Waals surface area contributed by atoms with Crippen LogP contribution in [0, 0.1) is 5.92 Å². The van der Waals surface area contributed by atoms with E-state index in [2.05, 4.69) is 25.2 Å². The maximum absolute atomic E-state index is 12.6. The van der Waals surface area contributed by atoms with Gasteiger partial charge >= 0.3 is 6.09 Å². The fourth-order valence-electron chi connectivity index (χ4n) is 3.75. The van der Waals surface area contributed by atoms with Gasteiger partial charge in [0.25, 0.3) is 5.91 Å². The van der Waals surface area contributed by atoms with Crippen molar-refractivity contribution >= 4 is 35.1 Å². The van der Waals surface area contributed by atoms with Crippen molar-refractivity contribution in [1.29, 1.82) is 0 Å². The zero-order valence-electron chi connectivity index (χ0n) is 18.2. The van der Waals surface area contributed by atoms with E-state index in [0.717, 1.165) is 31.7 Å². The first kappa shape index (κ1) is 22.2. The molecule has 2 aliphatic rings. The van der Waals surface area contributed by atoms with Crippen molar-refractivity contribution in [3.8, 4) is 5.75 Å². The number of nitrogens with zero attached hydrogens (tertiary/aromatic N) is 5. The maximum Gasteiger partial charge on any atom is 0.415 e. The summed E-state index contributed by atoms with van der Waals surface area (Å²) in [5.74, 6) is 0.706. The first-order chi connectivity index (χ1) is 15.4. The standard InChI is InChI=1S/C21H27N7O3S/c1-14(2)18-19(29)28(20(32)25-18)17-4-3-16(12-23-17)31-21(30)27-9-7-26(8-10-27)6-5-15-11-22-13-24-15/h3-4,11-14,18H,5-10H2,1-2H3,(H,22,24)(H,25,32). The number of rotatable bonds is 6. The van der Waals surface area contributed by atoms with E-state index in [4.69, 9.17) is 17.0 Å². The number of hydrogen-bond donors (Lipinski definition) is 2. The minimum atomic E-state index is -0.401. The Kier molecular flexibility index (Phi) is 6.66. The van der Waals surface area contributed by atoms with E-state index < -0.39 is 6.09 Å². The molecule has 0 aromatic carbocycles. The number of carbonyl (C=O) groups is 2. The summed E-state index contributed by atoms with van der Waals surface area (Å²) in [6.07, 6.45) is 5.45. The number of anilines is 1. The lowest BCUT2D eigenvalue weighted by Crippen LogP contribution is -2.49. The Morgan fingerprint density at radius 1 is 1.25 bits per heavy atom. The van der Waals surface area contributed by atoms with Gasteiger partial charge in [-0.3, -0.25) is 9.69 Å². The molecule has 0 spiro atoms. The van der Waals surface area contributed by atoms with Crippen LogP contribution in [0.25, 0.3) is 0 Å². The molecule has 0 bridgehead atoms. The predicted octanol–water partition coefficient (Wildman–Crippen LogP) is 1.41. The van der Waals surface area contributed by atoms with Crippen LogP contribution in [0.1, 0.15) is 19.5 Å². The number of ether oxygens (including phenoxy) is 1. The van der Waals surface area contributed by atoms with Gasteiger partial charge in [0.15, 0.2) is 10.9 Å². The molecule has 1 atom stereocenters. The second-order valence-corrected chi connectivity index (χ2v) is 8.61. The van der Waals surface area contributed by atoms with E-state index in [1.54, 1.807) is 23.4 Å². The van der Waals surface area contributed by atoms with E-state index >= 15 is 0 Å². The van der Waals surface area contributed by atoms with Crippen LogP contribution in [-0.2, 0) is 11.2 Å². The topological polar surface area (TPSA) is 107 Å². The number of piperazine rings is 1. The molecule has 4 heterocycles. The number of amides is 2. The number of aromatic amines is 1. The first-order valence-corrected chi connectivity index (χ1v) is 11.1. The zero-order valence-corrected chi connectivity index (χ0v) is 19.0. The summed E-state index contributed by atoms with van der Waals surface area (Å²) in [5, 5.41) is 3.36. The van der Waals surface area contributed by atoms with Gasteiger partial charge in [0.05, 0.1) is 12.5 Å². The van der Waals surface area contributed by atoms with Gasteiger partial charge < -0.3 is 19.9 Å². The fraction of sp³-hybridized carbons (Fsp3) is 0.476. The van der Waals surface area contributed by atoms with Crippen molar-refractivity contribution in [2.45, 2.75) is 26.3 Å². The maximum atomic E-state index is 12.6. The van der Waals surface area contributed by atoms with Crippen LogP contribution in [0.5, 0.6) is 5.75 Å². The Morgan fingerprint density at radius 3 is 2.62 bits per heavy atom. The summed E-state index contributed by atoms with van der Waals surface area (Å²) in [7, 11) is 0. The number of pyridine rings is 1. The second-order valence-electron chi connectivity index (χ2n) is 8.22. The number of carbonyl (C=O) groups excluding carboxylic acids is 2. The largest absolute Gasteiger partial charge is 0.415 e. The quantitative estimate of drug-likeness (QED) is 0.627. The summed E-state index contributed by atoms with van der Waals surface area (Å²) >= 11 is 5.29. The number of imidazole rings is 1. The molecular weight excluding hydrogens is 430 g/mol. The normalized spacial score (nSPS) is 19.5. The molecule has 2 fully saturated rings. The van der Waals surface area contributed by atoms with Gasteiger partial charge in [0.2, 0.25) is 0 Å². The molecule has 0 saturated carbocycles. The Balaban J connectivity index is 1.27. The second kappa shape index (κ2) is 9.61. The molecule has 4 rings (SSSR count). The third-order valence-corrected chi connectivity index (χ3v) is 5.97. The van der Waals surface area contributed by atoms with Crippen molar-refractivity contribution in [3.05, 3.63) is 36.5 Å². The van der Waals surface area contributed by atoms with Crippen LogP contribution in [0.2, 0.25) is 0 Å². The number of H-pyrrole nitrogens is 1. The SMILES string of the molecule is CC(C)C1NC(=S)N(c2ccc(OC(=O)N3CCN(CCc4cnc[nH]4)CC3)cn2)C1=O. The smallest absolute Gasteiger partial charge is 0.409 e. The highest BCUT2D eigenvalue weighted by Gasteiger charge is 2.38. The first-order valence-electron chi connectivity index (χ1n) is 10.7. The lowest BCUT2D eigenvalue weighted by atomic mass is 10.1. The van der Waals surface area contributed by atoms with Crippen LogP contribution < -0.4 is 15.0 Å². The summed E-state index contributed by atoms with van der Waals surface area (Å²) in [5.41, 5.74) is 1.11. The zero-order chi connectivity index (χ0) is 22.7. The Bertz CT molecular complexity index is 956. The monoisotopic (exact) mass is 457 g/mol. The van der Waals surface area contributed by atoms with Crippen molar-refractivity contribution in [2.75, 3.05) is 37.6 Å². The molecule has 32 heavy (non-hydrogen) atoms. The third-order valence-electron chi connectivity index (χ3n) is 5.67. The highest BCUT2D eigenvalue weighted by Crippen LogP contribution is 2.23. The number of aromatic nitrogens is 3. The lowest BCUT2D eigenvalue weighted by Gasteiger charge is -2.33. The fourth-order valence-corrected chi connectivity index (χ4v) is 4.06. The van der Waals surface area contributed by atoms with E-state index in [9.17, 15) is 9.59 Å². The van der Waals surface area contributed by atoms with Gasteiger partial charge in [-0.05, 0) is 30.3 Å². The van der Waals surface area contributed by atoms with Gasteiger partial charge in [-0.15, -0.1) is 0 Å². The van der Waals surface area contributed by atoms with Gasteiger partial charge in [0.1, 0.15) is 11.9 Å². The highest BCUT2D eigenvalue weighted by molar-refractivity contribution is 7.80. The van der Waals surface area contributed by atoms with Gasteiger partial charge in [-0.2, -0.15) is 0 Å². The van der Waals surface area contributed by atoms with Gasteiger partial charge in [-0.1, -0.05) is 13.8 Å². The molecule has 11 heteroatoms. The van der Waals surface area contributed by atoms with Crippen LogP contribution in [0.3, 0.4) is 0 Å². The van der Waals surface area contributed by atoms with E-state index in [1.165, 1.54) is 11.1 Å². The summed E-state index contributed by atoms with van der Waals surface area (Å²) < 4.78 is 5.48. The highest BCUT2D eigenvalue weighted by atomic mass is 32.1. The summed E-state index contributed by atoms with van der Waals surface area (Å²) in [6.45, 7) is 7.62. The van der Waals surface area contributed by atoms with Crippen LogP contribution in [0.15, 0.2) is 30.9 Å². The molecule has 1 unspecified atom stereocenters. The van der Waals surface area contributed by atoms with Crippen LogP contribution >= 0.6 is 12.2 Å².